The minimum Gasteiger partial charge on any atom is -0.272 e. The maximum absolute atomic E-state index is 12.0. The van der Waals surface area contributed by atoms with Gasteiger partial charge in [0, 0.05) is 0 Å². The molecule has 1 aliphatic rings. The predicted molar refractivity (Wildman–Crippen MR) is 82.5 cm³/mol. The lowest BCUT2D eigenvalue weighted by atomic mass is 10.2. The lowest BCUT2D eigenvalue weighted by Crippen LogP contribution is -2.22. The molecular weight excluding hydrogens is 268 g/mol. The van der Waals surface area contributed by atoms with Crippen molar-refractivity contribution in [2.24, 2.45) is 5.10 Å². The molecule has 0 radical (unpaired) electrons. The highest BCUT2D eigenvalue weighted by molar-refractivity contribution is 8.00. The number of amides is 1. The summed E-state index contributed by atoms with van der Waals surface area (Å²) in [5.41, 5.74) is 2.09. The third-order valence-electron chi connectivity index (χ3n) is 3.06. The fourth-order valence-electron chi connectivity index (χ4n) is 2.07. The molecule has 1 heterocycles. The molecule has 2 aromatic carbocycles. The van der Waals surface area contributed by atoms with Crippen molar-refractivity contribution in [2.75, 3.05) is 5.75 Å². The Morgan fingerprint density at radius 1 is 1.05 bits per heavy atom. The van der Waals surface area contributed by atoms with Gasteiger partial charge in [0.15, 0.2) is 0 Å². The van der Waals surface area contributed by atoms with Crippen LogP contribution in [0.25, 0.3) is 0 Å². The number of carbonyl (C=O) groups excluding carboxylic acids is 1. The van der Waals surface area contributed by atoms with Crippen LogP contribution in [0.5, 0.6) is 0 Å². The van der Waals surface area contributed by atoms with Crippen molar-refractivity contribution in [1.82, 2.24) is 5.01 Å². The first kappa shape index (κ1) is 12.9. The Morgan fingerprint density at radius 2 is 1.70 bits per heavy atom. The van der Waals surface area contributed by atoms with E-state index >= 15 is 0 Å². The van der Waals surface area contributed by atoms with Crippen molar-refractivity contribution >= 4 is 23.9 Å². The number of nitrogens with zero attached hydrogens (tertiary/aromatic N) is 2. The molecule has 1 saturated heterocycles. The van der Waals surface area contributed by atoms with E-state index in [-0.39, 0.29) is 11.3 Å². The molecule has 3 rings (SSSR count). The van der Waals surface area contributed by atoms with Crippen LogP contribution in [0.1, 0.15) is 16.5 Å². The van der Waals surface area contributed by atoms with Gasteiger partial charge in [-0.3, -0.25) is 4.79 Å². The third-order valence-corrected chi connectivity index (χ3v) is 4.26. The quantitative estimate of drug-likeness (QED) is 0.809. The first-order valence-electron chi connectivity index (χ1n) is 6.42. The van der Waals surface area contributed by atoms with Crippen LogP contribution in [-0.4, -0.2) is 22.9 Å². The summed E-state index contributed by atoms with van der Waals surface area (Å²) in [4.78, 5) is 12.0. The lowest BCUT2D eigenvalue weighted by Gasteiger charge is -2.18. The molecule has 0 spiro atoms. The van der Waals surface area contributed by atoms with Gasteiger partial charge in [-0.25, -0.2) is 5.01 Å². The smallest absolute Gasteiger partial charge is 0.254 e. The van der Waals surface area contributed by atoms with Gasteiger partial charge < -0.3 is 0 Å². The molecule has 0 aliphatic carbocycles. The second-order valence-corrected chi connectivity index (χ2v) is 5.54. The van der Waals surface area contributed by atoms with Crippen molar-refractivity contribution in [3.63, 3.8) is 0 Å². The van der Waals surface area contributed by atoms with E-state index in [0.29, 0.717) is 5.75 Å². The van der Waals surface area contributed by atoms with Gasteiger partial charge in [0.25, 0.3) is 5.91 Å². The zero-order valence-electron chi connectivity index (χ0n) is 10.8. The monoisotopic (exact) mass is 282 g/mol. The molecule has 1 amide bonds. The highest BCUT2D eigenvalue weighted by atomic mass is 32.2. The lowest BCUT2D eigenvalue weighted by molar-refractivity contribution is -0.128. The summed E-state index contributed by atoms with van der Waals surface area (Å²) >= 11 is 1.61. The van der Waals surface area contributed by atoms with E-state index < -0.39 is 0 Å². The summed E-state index contributed by atoms with van der Waals surface area (Å²) in [6.07, 6.45) is 1.74. The van der Waals surface area contributed by atoms with Crippen LogP contribution in [0.2, 0.25) is 0 Å². The van der Waals surface area contributed by atoms with Crippen molar-refractivity contribution < 1.29 is 4.79 Å². The van der Waals surface area contributed by atoms with E-state index in [0.717, 1.165) is 11.1 Å². The molecule has 0 saturated carbocycles. The minimum atomic E-state index is -0.0244. The van der Waals surface area contributed by atoms with E-state index in [1.807, 2.05) is 60.7 Å². The summed E-state index contributed by atoms with van der Waals surface area (Å²) in [5, 5.41) is 5.92. The average molecular weight is 282 g/mol. The summed E-state index contributed by atoms with van der Waals surface area (Å²) in [6, 6.07) is 19.8. The SMILES string of the molecule is O=C1CS[C@@H](c2ccccc2)N1N=Cc1ccccc1. The van der Waals surface area contributed by atoms with Crippen LogP contribution in [0.3, 0.4) is 0 Å². The normalized spacial score (nSPS) is 18.9. The Labute approximate surface area is 122 Å². The molecule has 0 aromatic heterocycles. The van der Waals surface area contributed by atoms with Crippen LogP contribution in [-0.2, 0) is 4.79 Å². The second-order valence-electron chi connectivity index (χ2n) is 4.47. The summed E-state index contributed by atoms with van der Waals surface area (Å²) in [7, 11) is 0. The number of benzene rings is 2. The van der Waals surface area contributed by atoms with Gasteiger partial charge in [0.05, 0.1) is 12.0 Å². The van der Waals surface area contributed by atoms with Crippen LogP contribution in [0.4, 0.5) is 0 Å². The number of thioether (sulfide) groups is 1. The van der Waals surface area contributed by atoms with Crippen LogP contribution < -0.4 is 0 Å². The molecule has 0 N–H and O–H groups in total. The number of carbonyl (C=O) groups is 1. The van der Waals surface area contributed by atoms with Crippen LogP contribution in [0.15, 0.2) is 65.8 Å². The first-order valence-corrected chi connectivity index (χ1v) is 7.47. The van der Waals surface area contributed by atoms with Crippen molar-refractivity contribution in [2.45, 2.75) is 5.37 Å². The number of hydrogen-bond acceptors (Lipinski definition) is 3. The maximum Gasteiger partial charge on any atom is 0.254 e. The fourth-order valence-corrected chi connectivity index (χ4v) is 3.16. The fraction of sp³-hybridized carbons (Fsp3) is 0.125. The molecule has 1 aliphatic heterocycles. The van der Waals surface area contributed by atoms with Crippen LogP contribution >= 0.6 is 11.8 Å². The molecule has 1 atom stereocenters. The molecule has 3 nitrogen and oxygen atoms in total. The molecule has 100 valence electrons. The summed E-state index contributed by atoms with van der Waals surface area (Å²) in [5.74, 6) is 0.530. The van der Waals surface area contributed by atoms with E-state index in [9.17, 15) is 4.79 Å². The molecule has 20 heavy (non-hydrogen) atoms. The van der Waals surface area contributed by atoms with Gasteiger partial charge in [-0.05, 0) is 11.1 Å². The highest BCUT2D eigenvalue weighted by Gasteiger charge is 2.32. The maximum atomic E-state index is 12.0. The van der Waals surface area contributed by atoms with Crippen molar-refractivity contribution in [3.05, 3.63) is 71.8 Å². The minimum absolute atomic E-state index is 0.0244. The van der Waals surface area contributed by atoms with Crippen molar-refractivity contribution in [3.8, 4) is 0 Å². The highest BCUT2D eigenvalue weighted by Crippen LogP contribution is 2.38. The summed E-state index contributed by atoms with van der Waals surface area (Å²) < 4.78 is 0. The Balaban J connectivity index is 1.83. The number of hydrogen-bond donors (Lipinski definition) is 0. The second kappa shape index (κ2) is 5.92. The van der Waals surface area contributed by atoms with Gasteiger partial charge in [-0.2, -0.15) is 5.10 Å². The number of hydrazone groups is 1. The van der Waals surface area contributed by atoms with E-state index in [4.69, 9.17) is 0 Å². The molecule has 1 fully saturated rings. The molecule has 0 bridgehead atoms. The van der Waals surface area contributed by atoms with E-state index in [2.05, 4.69) is 5.10 Å². The van der Waals surface area contributed by atoms with Gasteiger partial charge in [-0.1, -0.05) is 60.7 Å². The standard InChI is InChI=1S/C16H14N2OS/c19-15-12-20-16(14-9-5-2-6-10-14)18(15)17-11-13-7-3-1-4-8-13/h1-11,16H,12H2/t16-/m0/s1. The first-order chi connectivity index (χ1) is 9.84. The van der Waals surface area contributed by atoms with Gasteiger partial charge >= 0.3 is 0 Å². The molecule has 4 heteroatoms. The van der Waals surface area contributed by atoms with E-state index in [1.165, 1.54) is 0 Å². The third kappa shape index (κ3) is 2.75. The Morgan fingerprint density at radius 3 is 2.40 bits per heavy atom. The Kier molecular flexibility index (Phi) is 3.83. The Hall–Kier alpha value is -2.07. The zero-order valence-corrected chi connectivity index (χ0v) is 11.7. The topological polar surface area (TPSA) is 32.7 Å². The van der Waals surface area contributed by atoms with Gasteiger partial charge in [-0.15, -0.1) is 11.8 Å². The molecule has 2 aromatic rings. The Bertz CT molecular complexity index is 613. The average Bonchev–Trinajstić information content (AvgIpc) is 2.88. The van der Waals surface area contributed by atoms with Crippen LogP contribution in [0, 0.1) is 0 Å². The van der Waals surface area contributed by atoms with Gasteiger partial charge in [0.1, 0.15) is 5.37 Å². The van der Waals surface area contributed by atoms with E-state index in [1.54, 1.807) is 23.0 Å². The van der Waals surface area contributed by atoms with Gasteiger partial charge in [0.2, 0.25) is 0 Å². The van der Waals surface area contributed by atoms with Crippen molar-refractivity contribution in [1.29, 1.82) is 0 Å². The zero-order chi connectivity index (χ0) is 13.8. The summed E-state index contributed by atoms with van der Waals surface area (Å²) in [6.45, 7) is 0. The molecule has 0 unspecified atom stereocenters. The number of rotatable bonds is 3. The predicted octanol–water partition coefficient (Wildman–Crippen LogP) is 3.29. The largest absolute Gasteiger partial charge is 0.272 e. The molecular formula is C16H14N2OS.